The summed E-state index contributed by atoms with van der Waals surface area (Å²) in [6.45, 7) is 5.79. The summed E-state index contributed by atoms with van der Waals surface area (Å²) in [4.78, 5) is 0. The molecule has 0 heterocycles. The molecule has 0 aliphatic rings. The Labute approximate surface area is 57.3 Å². The third-order valence-electron chi connectivity index (χ3n) is 1.24. The van der Waals surface area contributed by atoms with Crippen molar-refractivity contribution >= 4 is 0 Å². The molecule has 55 valence electrons. The molecular weight excluding hydrogens is 114 g/mol. The highest BCUT2D eigenvalue weighted by Gasteiger charge is 2.02. The van der Waals surface area contributed by atoms with E-state index in [4.69, 9.17) is 0 Å². The Balaban J connectivity index is 3.15. The SMILES string of the molecule is CCCC(C)NC(C)[O]. The maximum Gasteiger partial charge on any atom is 0.141 e. The first kappa shape index (κ1) is 8.92. The van der Waals surface area contributed by atoms with E-state index in [1.807, 2.05) is 6.92 Å². The molecule has 0 aromatic carbocycles. The molecule has 0 aliphatic heterocycles. The molecule has 0 aromatic heterocycles. The molecular formula is C7H16NO. The molecule has 0 aliphatic carbocycles. The van der Waals surface area contributed by atoms with E-state index < -0.39 is 6.23 Å². The Hall–Kier alpha value is -0.0800. The first-order valence-corrected chi connectivity index (χ1v) is 3.58. The highest BCUT2D eigenvalue weighted by molar-refractivity contribution is 4.58. The lowest BCUT2D eigenvalue weighted by Gasteiger charge is -2.12. The first-order chi connectivity index (χ1) is 4.16. The highest BCUT2D eigenvalue weighted by atomic mass is 16.3. The van der Waals surface area contributed by atoms with E-state index in [1.165, 1.54) is 0 Å². The van der Waals surface area contributed by atoms with E-state index in [-0.39, 0.29) is 0 Å². The molecule has 2 atom stereocenters. The summed E-state index contributed by atoms with van der Waals surface area (Å²) < 4.78 is 0. The van der Waals surface area contributed by atoms with Crippen molar-refractivity contribution in [3.63, 3.8) is 0 Å². The van der Waals surface area contributed by atoms with Gasteiger partial charge in [-0.15, -0.1) is 0 Å². The third-order valence-corrected chi connectivity index (χ3v) is 1.24. The van der Waals surface area contributed by atoms with Gasteiger partial charge in [-0.3, -0.25) is 5.32 Å². The van der Waals surface area contributed by atoms with Crippen LogP contribution >= 0.6 is 0 Å². The molecule has 2 heteroatoms. The fourth-order valence-electron chi connectivity index (χ4n) is 0.917. The second-order valence-corrected chi connectivity index (χ2v) is 2.50. The summed E-state index contributed by atoms with van der Waals surface area (Å²) in [6, 6.07) is 0.377. The summed E-state index contributed by atoms with van der Waals surface area (Å²) in [5, 5.41) is 13.4. The van der Waals surface area contributed by atoms with Crippen LogP contribution in [0.1, 0.15) is 33.6 Å². The van der Waals surface area contributed by atoms with Crippen LogP contribution in [0.2, 0.25) is 0 Å². The standard InChI is InChI=1S/C7H16NO/c1-4-5-6(2)8-7(3)9/h6-8H,4-5H2,1-3H3. The van der Waals surface area contributed by atoms with E-state index in [2.05, 4.69) is 12.2 Å². The minimum Gasteiger partial charge on any atom is -0.287 e. The average molecular weight is 130 g/mol. The van der Waals surface area contributed by atoms with Crippen molar-refractivity contribution in [3.05, 3.63) is 0 Å². The number of hydrogen-bond donors (Lipinski definition) is 1. The van der Waals surface area contributed by atoms with Gasteiger partial charge in [-0.2, -0.15) is 0 Å². The van der Waals surface area contributed by atoms with E-state index in [0.29, 0.717) is 6.04 Å². The number of hydrogen-bond acceptors (Lipinski definition) is 1. The minimum absolute atomic E-state index is 0.377. The lowest BCUT2D eigenvalue weighted by Crippen LogP contribution is -2.32. The van der Waals surface area contributed by atoms with Crippen LogP contribution < -0.4 is 5.32 Å². The van der Waals surface area contributed by atoms with Crippen LogP contribution in [0.25, 0.3) is 0 Å². The van der Waals surface area contributed by atoms with E-state index in [1.54, 1.807) is 6.92 Å². The molecule has 2 nitrogen and oxygen atoms in total. The van der Waals surface area contributed by atoms with Gasteiger partial charge in [-0.25, -0.2) is 5.11 Å². The zero-order valence-electron chi connectivity index (χ0n) is 6.48. The van der Waals surface area contributed by atoms with E-state index >= 15 is 0 Å². The molecule has 0 rings (SSSR count). The van der Waals surface area contributed by atoms with Gasteiger partial charge < -0.3 is 0 Å². The normalized spacial score (nSPS) is 17.3. The molecule has 0 saturated heterocycles. The topological polar surface area (TPSA) is 31.9 Å². The fourth-order valence-corrected chi connectivity index (χ4v) is 0.917. The molecule has 0 fully saturated rings. The lowest BCUT2D eigenvalue weighted by atomic mass is 10.2. The molecule has 0 aromatic rings. The van der Waals surface area contributed by atoms with Crippen LogP contribution in [-0.4, -0.2) is 12.3 Å². The van der Waals surface area contributed by atoms with Crippen LogP contribution in [-0.2, 0) is 5.11 Å². The predicted octanol–water partition coefficient (Wildman–Crippen LogP) is 1.54. The molecule has 1 N–H and O–H groups in total. The summed E-state index contributed by atoms with van der Waals surface area (Å²) >= 11 is 0. The molecule has 0 bridgehead atoms. The molecule has 9 heavy (non-hydrogen) atoms. The fraction of sp³-hybridized carbons (Fsp3) is 1.00. The highest BCUT2D eigenvalue weighted by Crippen LogP contribution is 1.94. The van der Waals surface area contributed by atoms with Gasteiger partial charge in [0, 0.05) is 6.04 Å². The van der Waals surface area contributed by atoms with Crippen LogP contribution in [0.15, 0.2) is 0 Å². The van der Waals surface area contributed by atoms with Gasteiger partial charge >= 0.3 is 0 Å². The smallest absolute Gasteiger partial charge is 0.141 e. The maximum atomic E-state index is 10.5. The van der Waals surface area contributed by atoms with Gasteiger partial charge in [-0.05, 0) is 20.3 Å². The number of nitrogens with one attached hydrogen (secondary N) is 1. The average Bonchev–Trinajstić information content (AvgIpc) is 1.63. The van der Waals surface area contributed by atoms with Crippen LogP contribution in [0.5, 0.6) is 0 Å². The van der Waals surface area contributed by atoms with Crippen molar-refractivity contribution in [2.75, 3.05) is 0 Å². The summed E-state index contributed by atoms with van der Waals surface area (Å²) in [7, 11) is 0. The second kappa shape index (κ2) is 4.77. The Bertz CT molecular complexity index is 63.9. The molecule has 1 radical (unpaired) electrons. The van der Waals surface area contributed by atoms with Crippen molar-refractivity contribution in [1.82, 2.24) is 5.32 Å². The van der Waals surface area contributed by atoms with E-state index in [0.717, 1.165) is 12.8 Å². The van der Waals surface area contributed by atoms with Crippen molar-refractivity contribution in [2.24, 2.45) is 0 Å². The Kier molecular flexibility index (Phi) is 4.72. The zero-order valence-corrected chi connectivity index (χ0v) is 6.48. The van der Waals surface area contributed by atoms with Crippen molar-refractivity contribution in [2.45, 2.75) is 45.9 Å². The Morgan fingerprint density at radius 1 is 1.44 bits per heavy atom. The lowest BCUT2D eigenvalue weighted by molar-refractivity contribution is 0.0648. The zero-order chi connectivity index (χ0) is 7.28. The van der Waals surface area contributed by atoms with Crippen molar-refractivity contribution in [1.29, 1.82) is 0 Å². The van der Waals surface area contributed by atoms with Crippen LogP contribution in [0.4, 0.5) is 0 Å². The predicted molar refractivity (Wildman–Crippen MR) is 37.7 cm³/mol. The first-order valence-electron chi connectivity index (χ1n) is 3.58. The second-order valence-electron chi connectivity index (χ2n) is 2.50. The maximum absolute atomic E-state index is 10.5. The van der Waals surface area contributed by atoms with Gasteiger partial charge in [0.15, 0.2) is 0 Å². The molecule has 0 amide bonds. The Morgan fingerprint density at radius 3 is 2.33 bits per heavy atom. The molecule has 2 unspecified atom stereocenters. The summed E-state index contributed by atoms with van der Waals surface area (Å²) in [6.07, 6.45) is 1.61. The monoisotopic (exact) mass is 130 g/mol. The van der Waals surface area contributed by atoms with Gasteiger partial charge in [0.1, 0.15) is 6.23 Å². The third kappa shape index (κ3) is 5.80. The quantitative estimate of drug-likeness (QED) is 0.575. The van der Waals surface area contributed by atoms with Crippen molar-refractivity contribution < 1.29 is 5.11 Å². The van der Waals surface area contributed by atoms with E-state index in [9.17, 15) is 5.11 Å². The Morgan fingerprint density at radius 2 is 2.00 bits per heavy atom. The van der Waals surface area contributed by atoms with Gasteiger partial charge in [-0.1, -0.05) is 13.3 Å². The summed E-state index contributed by atoms with van der Waals surface area (Å²) in [5.74, 6) is 0. The van der Waals surface area contributed by atoms with Crippen molar-refractivity contribution in [3.8, 4) is 0 Å². The van der Waals surface area contributed by atoms with Crippen LogP contribution in [0.3, 0.4) is 0 Å². The number of rotatable bonds is 4. The van der Waals surface area contributed by atoms with Gasteiger partial charge in [0.25, 0.3) is 0 Å². The minimum atomic E-state index is -0.619. The molecule has 0 spiro atoms. The molecule has 0 saturated carbocycles. The van der Waals surface area contributed by atoms with Gasteiger partial charge in [0.05, 0.1) is 0 Å². The van der Waals surface area contributed by atoms with Crippen LogP contribution in [0, 0.1) is 0 Å². The summed E-state index contributed by atoms with van der Waals surface area (Å²) in [5.41, 5.74) is 0. The van der Waals surface area contributed by atoms with Gasteiger partial charge in [0.2, 0.25) is 0 Å². The largest absolute Gasteiger partial charge is 0.287 e.